The Morgan fingerprint density at radius 1 is 1.32 bits per heavy atom. The summed E-state index contributed by atoms with van der Waals surface area (Å²) in [5.41, 5.74) is -1.48. The number of aliphatic hydroxyl groups is 1. The lowest BCUT2D eigenvalue weighted by molar-refractivity contribution is -0.218. The number of benzene rings is 1. The highest BCUT2D eigenvalue weighted by Crippen LogP contribution is 2.46. The van der Waals surface area contributed by atoms with Gasteiger partial charge in [-0.05, 0) is 18.5 Å². The fraction of sp³-hybridized carbons (Fsp3) is 0.533. The highest BCUT2D eigenvalue weighted by molar-refractivity contribution is 5.84. The Bertz CT molecular complexity index is 507. The third-order valence-electron chi connectivity index (χ3n) is 3.97. The fourth-order valence-electron chi connectivity index (χ4n) is 2.75. The van der Waals surface area contributed by atoms with Crippen LogP contribution in [0.4, 0.5) is 13.2 Å². The van der Waals surface area contributed by atoms with E-state index in [9.17, 15) is 18.0 Å². The van der Waals surface area contributed by atoms with Crippen LogP contribution in [0, 0.1) is 5.41 Å². The summed E-state index contributed by atoms with van der Waals surface area (Å²) in [5, 5.41) is 10.9. The Kier molecular flexibility index (Phi) is 5.08. The zero-order valence-corrected chi connectivity index (χ0v) is 12.1. The maximum atomic E-state index is 13.5. The van der Waals surface area contributed by atoms with Gasteiger partial charge >= 0.3 is 6.18 Å². The van der Waals surface area contributed by atoms with Gasteiger partial charge in [0.15, 0.2) is 5.41 Å². The molecule has 4 nitrogen and oxygen atoms in total. The van der Waals surface area contributed by atoms with Crippen molar-refractivity contribution in [3.63, 3.8) is 0 Å². The van der Waals surface area contributed by atoms with Gasteiger partial charge in [-0.25, -0.2) is 0 Å². The minimum absolute atomic E-state index is 0.171. The van der Waals surface area contributed by atoms with Gasteiger partial charge in [-0.15, -0.1) is 0 Å². The van der Waals surface area contributed by atoms with E-state index >= 15 is 0 Å². The van der Waals surface area contributed by atoms with Gasteiger partial charge in [0.2, 0.25) is 5.91 Å². The molecule has 22 heavy (non-hydrogen) atoms. The third-order valence-corrected chi connectivity index (χ3v) is 3.97. The molecule has 2 rings (SSSR count). The maximum absolute atomic E-state index is 13.5. The van der Waals surface area contributed by atoms with Gasteiger partial charge in [0, 0.05) is 19.6 Å². The van der Waals surface area contributed by atoms with E-state index in [1.54, 1.807) is 4.90 Å². The predicted molar refractivity (Wildman–Crippen MR) is 74.9 cm³/mol. The third kappa shape index (κ3) is 3.41. The molecule has 0 saturated carbocycles. The van der Waals surface area contributed by atoms with Gasteiger partial charge in [-0.2, -0.15) is 13.2 Å². The van der Waals surface area contributed by atoms with Gasteiger partial charge in [-0.3, -0.25) is 9.69 Å². The molecule has 1 saturated heterocycles. The topological polar surface area (TPSA) is 52.6 Å². The van der Waals surface area contributed by atoms with Crippen LogP contribution in [-0.4, -0.2) is 48.3 Å². The van der Waals surface area contributed by atoms with Gasteiger partial charge in [0.1, 0.15) is 0 Å². The minimum atomic E-state index is -4.61. The molecule has 0 radical (unpaired) electrons. The maximum Gasteiger partial charge on any atom is 0.404 e. The van der Waals surface area contributed by atoms with E-state index in [1.807, 2.05) is 30.3 Å². The first kappa shape index (κ1) is 16.8. The Hall–Kier alpha value is -1.60. The quantitative estimate of drug-likeness (QED) is 0.867. The summed E-state index contributed by atoms with van der Waals surface area (Å²) in [5.74, 6) is -1.05. The summed E-state index contributed by atoms with van der Waals surface area (Å²) in [4.78, 5) is 13.6. The molecule has 1 unspecified atom stereocenters. The smallest absolute Gasteiger partial charge is 0.395 e. The number of hydrogen-bond donors (Lipinski definition) is 2. The van der Waals surface area contributed by atoms with Crippen molar-refractivity contribution in [2.24, 2.45) is 5.41 Å². The highest BCUT2D eigenvalue weighted by Gasteiger charge is 2.62. The van der Waals surface area contributed by atoms with Gasteiger partial charge in [0.25, 0.3) is 0 Å². The van der Waals surface area contributed by atoms with Crippen LogP contribution in [-0.2, 0) is 11.3 Å². The van der Waals surface area contributed by atoms with Crippen molar-refractivity contribution in [3.8, 4) is 0 Å². The number of hydrogen-bond acceptors (Lipinski definition) is 3. The number of rotatable bonds is 5. The van der Waals surface area contributed by atoms with Crippen LogP contribution in [0.5, 0.6) is 0 Å². The summed E-state index contributed by atoms with van der Waals surface area (Å²) >= 11 is 0. The van der Waals surface area contributed by atoms with E-state index < -0.39 is 17.5 Å². The first-order valence-corrected chi connectivity index (χ1v) is 7.11. The monoisotopic (exact) mass is 316 g/mol. The molecule has 1 aromatic carbocycles. The summed E-state index contributed by atoms with van der Waals surface area (Å²) < 4.78 is 40.4. The normalized spacial score (nSPS) is 22.7. The summed E-state index contributed by atoms with van der Waals surface area (Å²) in [6.07, 6.45) is -4.88. The second kappa shape index (κ2) is 6.66. The summed E-state index contributed by atoms with van der Waals surface area (Å²) in [6.45, 7) is -0.321. The van der Waals surface area contributed by atoms with Crippen LogP contribution in [0.1, 0.15) is 12.0 Å². The lowest BCUT2D eigenvalue weighted by Crippen LogP contribution is -2.52. The molecule has 1 aliphatic rings. The lowest BCUT2D eigenvalue weighted by Gasteiger charge is -2.30. The number of halogens is 3. The summed E-state index contributed by atoms with van der Waals surface area (Å²) in [7, 11) is 0. The molecule has 2 N–H and O–H groups in total. The van der Waals surface area contributed by atoms with Crippen molar-refractivity contribution in [2.75, 3.05) is 26.2 Å². The largest absolute Gasteiger partial charge is 0.404 e. The second-order valence-corrected chi connectivity index (χ2v) is 5.51. The van der Waals surface area contributed by atoms with Gasteiger partial charge < -0.3 is 10.4 Å². The Labute approximate surface area is 126 Å². The molecule has 1 aromatic rings. The number of likely N-dealkylation sites (tertiary alicyclic amines) is 1. The first-order chi connectivity index (χ1) is 10.4. The lowest BCUT2D eigenvalue weighted by atomic mass is 9.85. The molecule has 7 heteroatoms. The molecule has 0 bridgehead atoms. The number of nitrogens with zero attached hydrogens (tertiary/aromatic N) is 1. The van der Waals surface area contributed by atoms with Crippen LogP contribution >= 0.6 is 0 Å². The molecule has 0 aromatic heterocycles. The van der Waals surface area contributed by atoms with E-state index in [4.69, 9.17) is 5.11 Å². The zero-order valence-electron chi connectivity index (χ0n) is 12.1. The Morgan fingerprint density at radius 3 is 2.59 bits per heavy atom. The van der Waals surface area contributed by atoms with Crippen LogP contribution in [0.25, 0.3) is 0 Å². The molecule has 1 aliphatic heterocycles. The zero-order chi connectivity index (χ0) is 16.2. The van der Waals surface area contributed by atoms with Crippen molar-refractivity contribution >= 4 is 5.91 Å². The van der Waals surface area contributed by atoms with Crippen molar-refractivity contribution in [3.05, 3.63) is 35.9 Å². The minimum Gasteiger partial charge on any atom is -0.395 e. The van der Waals surface area contributed by atoms with Crippen LogP contribution in [0.3, 0.4) is 0 Å². The fourth-order valence-corrected chi connectivity index (χ4v) is 2.75. The van der Waals surface area contributed by atoms with E-state index in [0.29, 0.717) is 6.54 Å². The van der Waals surface area contributed by atoms with E-state index in [2.05, 4.69) is 5.32 Å². The molecule has 1 atom stereocenters. The van der Waals surface area contributed by atoms with Gasteiger partial charge in [0.05, 0.1) is 6.61 Å². The molecule has 1 fully saturated rings. The second-order valence-electron chi connectivity index (χ2n) is 5.51. The van der Waals surface area contributed by atoms with E-state index in [-0.39, 0.29) is 32.7 Å². The van der Waals surface area contributed by atoms with Crippen LogP contribution in [0.2, 0.25) is 0 Å². The molecule has 0 spiro atoms. The van der Waals surface area contributed by atoms with Crippen LogP contribution in [0.15, 0.2) is 30.3 Å². The molecule has 1 heterocycles. The molecular formula is C15H19F3N2O2. The number of carbonyl (C=O) groups is 1. The number of aliphatic hydroxyl groups excluding tert-OH is 1. The Balaban J connectivity index is 2.11. The first-order valence-electron chi connectivity index (χ1n) is 7.11. The number of carbonyl (C=O) groups excluding carboxylic acids is 1. The standard InChI is InChI=1S/C15H19F3N2O2/c16-15(17,18)14(13(22)19-7-9-21)6-8-20(11-14)10-12-4-2-1-3-5-12/h1-5,21H,6-11H2,(H,19,22). The van der Waals surface area contributed by atoms with Crippen molar-refractivity contribution in [1.29, 1.82) is 0 Å². The highest BCUT2D eigenvalue weighted by atomic mass is 19.4. The van der Waals surface area contributed by atoms with Crippen molar-refractivity contribution in [2.45, 2.75) is 19.1 Å². The van der Waals surface area contributed by atoms with Gasteiger partial charge in [-0.1, -0.05) is 30.3 Å². The number of nitrogens with one attached hydrogen (secondary N) is 1. The molecule has 0 aliphatic carbocycles. The predicted octanol–water partition coefficient (Wildman–Crippen LogP) is 1.55. The SMILES string of the molecule is O=C(NCCO)C1(C(F)(F)F)CCN(Cc2ccccc2)C1. The molecule has 122 valence electrons. The summed E-state index contributed by atoms with van der Waals surface area (Å²) in [6, 6.07) is 9.20. The van der Waals surface area contributed by atoms with E-state index in [1.165, 1.54) is 0 Å². The molecule has 1 amide bonds. The average molecular weight is 316 g/mol. The number of amides is 1. The van der Waals surface area contributed by atoms with Crippen molar-refractivity contribution in [1.82, 2.24) is 10.2 Å². The Morgan fingerprint density at radius 2 is 2.00 bits per heavy atom. The van der Waals surface area contributed by atoms with Crippen LogP contribution < -0.4 is 5.32 Å². The molecular weight excluding hydrogens is 297 g/mol. The number of alkyl halides is 3. The van der Waals surface area contributed by atoms with Crippen molar-refractivity contribution < 1.29 is 23.1 Å². The van der Waals surface area contributed by atoms with E-state index in [0.717, 1.165) is 5.56 Å². The average Bonchev–Trinajstić information content (AvgIpc) is 2.91.